The quantitative estimate of drug-likeness (QED) is 0.353. The number of benzene rings is 1. The zero-order valence-corrected chi connectivity index (χ0v) is 21.9. The van der Waals surface area contributed by atoms with E-state index in [1.54, 1.807) is 23.4 Å². The van der Waals surface area contributed by atoms with Gasteiger partial charge in [0.2, 0.25) is 0 Å². The van der Waals surface area contributed by atoms with Crippen LogP contribution in [0.4, 0.5) is 4.79 Å². The molecule has 0 saturated heterocycles. The van der Waals surface area contributed by atoms with Gasteiger partial charge in [0.25, 0.3) is 0 Å². The first-order chi connectivity index (χ1) is 17.7. The van der Waals surface area contributed by atoms with Crippen LogP contribution < -0.4 is 5.69 Å². The summed E-state index contributed by atoms with van der Waals surface area (Å²) in [5.41, 5.74) is 3.02. The molecule has 0 spiro atoms. The van der Waals surface area contributed by atoms with E-state index in [2.05, 4.69) is 9.97 Å². The highest BCUT2D eigenvalue weighted by Crippen LogP contribution is 2.32. The molecule has 4 heterocycles. The maximum Gasteiger partial charge on any atom is 0.410 e. The van der Waals surface area contributed by atoms with Crippen molar-refractivity contribution in [1.82, 2.24) is 19.4 Å². The summed E-state index contributed by atoms with van der Waals surface area (Å²) < 4.78 is 13.3. The molecule has 192 valence electrons. The molecule has 37 heavy (non-hydrogen) atoms. The minimum absolute atomic E-state index is 0.323. The monoisotopic (exact) mass is 520 g/mol. The fourth-order valence-electron chi connectivity index (χ4n) is 4.48. The largest absolute Gasteiger partial charge is 0.461 e. The van der Waals surface area contributed by atoms with Crippen LogP contribution >= 0.6 is 11.6 Å². The van der Waals surface area contributed by atoms with Gasteiger partial charge in [-0.25, -0.2) is 9.59 Å². The number of pyridine rings is 1. The molecule has 5 rings (SSSR count). The lowest BCUT2D eigenvalue weighted by Gasteiger charge is -2.26. The molecule has 0 fully saturated rings. The molecule has 8 nitrogen and oxygen atoms in total. The Hall–Kier alpha value is -3.65. The van der Waals surface area contributed by atoms with E-state index in [1.165, 1.54) is 4.57 Å². The Kier molecular flexibility index (Phi) is 6.77. The van der Waals surface area contributed by atoms with Gasteiger partial charge in [-0.2, -0.15) is 4.98 Å². The minimum atomic E-state index is -0.552. The summed E-state index contributed by atoms with van der Waals surface area (Å²) in [5.74, 6) is 0.870. The van der Waals surface area contributed by atoms with Crippen LogP contribution in [0.5, 0.6) is 0 Å². The Morgan fingerprint density at radius 3 is 2.68 bits per heavy atom. The molecule has 3 aromatic heterocycles. The first kappa shape index (κ1) is 25.0. The maximum absolute atomic E-state index is 12.8. The first-order valence-corrected chi connectivity index (χ1v) is 12.8. The number of nitrogens with zero attached hydrogens (tertiary/aromatic N) is 4. The summed E-state index contributed by atoms with van der Waals surface area (Å²) in [7, 11) is 0. The highest BCUT2D eigenvalue weighted by Gasteiger charge is 2.27. The van der Waals surface area contributed by atoms with Crippen LogP contribution in [0.25, 0.3) is 16.7 Å². The normalized spacial score (nSPS) is 13.9. The van der Waals surface area contributed by atoms with E-state index in [4.69, 9.17) is 20.8 Å². The fourth-order valence-corrected chi connectivity index (χ4v) is 4.59. The van der Waals surface area contributed by atoms with Crippen molar-refractivity contribution >= 4 is 28.7 Å². The molecular weight excluding hydrogens is 492 g/mol. The second-order valence-corrected chi connectivity index (χ2v) is 10.7. The van der Waals surface area contributed by atoms with Gasteiger partial charge in [-0.3, -0.25) is 9.55 Å². The van der Waals surface area contributed by atoms with Gasteiger partial charge in [0.05, 0.1) is 17.3 Å². The molecule has 1 aliphatic heterocycles. The number of carbonyl (C=O) groups is 1. The van der Waals surface area contributed by atoms with Gasteiger partial charge in [-0.15, -0.1) is 0 Å². The summed E-state index contributed by atoms with van der Waals surface area (Å²) in [6, 6.07) is 11.2. The second-order valence-electron chi connectivity index (χ2n) is 10.2. The number of carbonyl (C=O) groups excluding carboxylic acids is 1. The summed E-state index contributed by atoms with van der Waals surface area (Å²) in [6.45, 7) is 6.63. The van der Waals surface area contributed by atoms with Gasteiger partial charge in [-0.1, -0.05) is 11.6 Å². The highest BCUT2D eigenvalue weighted by atomic mass is 35.5. The van der Waals surface area contributed by atoms with Crippen LogP contribution in [0.15, 0.2) is 58.0 Å². The lowest BCUT2D eigenvalue weighted by molar-refractivity contribution is 0.0237. The molecule has 0 aliphatic carbocycles. The number of ether oxygens (including phenoxy) is 1. The third kappa shape index (κ3) is 5.69. The van der Waals surface area contributed by atoms with E-state index >= 15 is 0 Å². The number of fused-ring (bicyclic) bond motifs is 3. The molecule has 9 heteroatoms. The Morgan fingerprint density at radius 1 is 1.14 bits per heavy atom. The standard InChI is InChI=1S/C28H29ClN4O4/c1-28(2,3)37-27(35)32-13-4-5-24-23(17-32)22-11-10-21(15-25(22)36-24)33-14-12-20(31-26(33)34)9-8-19-7-6-18(29)16-30-19/h6-7,10-12,14-16H,4-5,8-9,13,17H2,1-3H3. The van der Waals surface area contributed by atoms with Crippen molar-refractivity contribution in [3.05, 3.63) is 87.0 Å². The van der Waals surface area contributed by atoms with Crippen LogP contribution in [0, 0.1) is 0 Å². The van der Waals surface area contributed by atoms with E-state index in [1.807, 2.05) is 51.1 Å². The molecule has 0 atom stereocenters. The van der Waals surface area contributed by atoms with Crippen LogP contribution in [0.2, 0.25) is 5.02 Å². The predicted molar refractivity (Wildman–Crippen MR) is 141 cm³/mol. The molecule has 0 unspecified atom stereocenters. The van der Waals surface area contributed by atoms with Crippen molar-refractivity contribution in [3.63, 3.8) is 0 Å². The number of hydrogen-bond donors (Lipinski definition) is 0. The van der Waals surface area contributed by atoms with Crippen molar-refractivity contribution < 1.29 is 13.9 Å². The fraction of sp³-hybridized carbons (Fsp3) is 0.357. The van der Waals surface area contributed by atoms with Gasteiger partial charge >= 0.3 is 11.8 Å². The zero-order valence-electron chi connectivity index (χ0n) is 21.2. The molecule has 1 aromatic carbocycles. The van der Waals surface area contributed by atoms with Crippen LogP contribution in [-0.4, -0.2) is 37.7 Å². The number of hydrogen-bond acceptors (Lipinski definition) is 6. The molecule has 1 aliphatic rings. The minimum Gasteiger partial charge on any atom is -0.461 e. The van der Waals surface area contributed by atoms with Gasteiger partial charge in [0, 0.05) is 53.8 Å². The predicted octanol–water partition coefficient (Wildman–Crippen LogP) is 5.50. The lowest BCUT2D eigenvalue weighted by atomic mass is 10.1. The van der Waals surface area contributed by atoms with E-state index in [0.717, 1.165) is 35.2 Å². The number of furan rings is 1. The molecular formula is C28H29ClN4O4. The molecule has 0 N–H and O–H groups in total. The summed E-state index contributed by atoms with van der Waals surface area (Å²) in [6.07, 6.45) is 5.81. The molecule has 0 saturated carbocycles. The van der Waals surface area contributed by atoms with Crippen molar-refractivity contribution in [1.29, 1.82) is 0 Å². The van der Waals surface area contributed by atoms with E-state index < -0.39 is 5.60 Å². The number of halogens is 1. The van der Waals surface area contributed by atoms with Gasteiger partial charge in [0.1, 0.15) is 16.9 Å². The Bertz CT molecular complexity index is 1500. The molecule has 1 amide bonds. The summed E-state index contributed by atoms with van der Waals surface area (Å²) in [4.78, 5) is 35.8. The van der Waals surface area contributed by atoms with Crippen molar-refractivity contribution in [2.45, 2.75) is 58.6 Å². The Balaban J connectivity index is 1.36. The van der Waals surface area contributed by atoms with E-state index in [9.17, 15) is 9.59 Å². The van der Waals surface area contributed by atoms with Crippen molar-refractivity contribution in [2.24, 2.45) is 0 Å². The van der Waals surface area contributed by atoms with Crippen LogP contribution in [0.1, 0.15) is 49.9 Å². The third-order valence-corrected chi connectivity index (χ3v) is 6.48. The first-order valence-electron chi connectivity index (χ1n) is 12.4. The maximum atomic E-state index is 12.8. The van der Waals surface area contributed by atoms with Crippen LogP contribution in [0.3, 0.4) is 0 Å². The third-order valence-electron chi connectivity index (χ3n) is 6.26. The SMILES string of the molecule is CC(C)(C)OC(=O)N1CCCc2oc3cc(-n4ccc(CCc5ccc(Cl)cn5)nc4=O)ccc3c2C1. The second kappa shape index (κ2) is 10.0. The average molecular weight is 521 g/mol. The zero-order chi connectivity index (χ0) is 26.2. The Labute approximate surface area is 219 Å². The van der Waals surface area contributed by atoms with Crippen molar-refractivity contribution in [2.75, 3.05) is 6.54 Å². The summed E-state index contributed by atoms with van der Waals surface area (Å²) in [5, 5.41) is 1.53. The van der Waals surface area contributed by atoms with Crippen LogP contribution in [-0.2, 0) is 30.5 Å². The van der Waals surface area contributed by atoms with E-state index in [0.29, 0.717) is 47.9 Å². The van der Waals surface area contributed by atoms with Crippen molar-refractivity contribution in [3.8, 4) is 5.69 Å². The van der Waals surface area contributed by atoms with Gasteiger partial charge < -0.3 is 14.1 Å². The van der Waals surface area contributed by atoms with Gasteiger partial charge in [-0.05, 0) is 70.4 Å². The average Bonchev–Trinajstić information content (AvgIpc) is 3.04. The van der Waals surface area contributed by atoms with Gasteiger partial charge in [0.15, 0.2) is 0 Å². The van der Waals surface area contributed by atoms with E-state index in [-0.39, 0.29) is 11.8 Å². The number of rotatable bonds is 4. The number of amides is 1. The number of aromatic nitrogens is 3. The summed E-state index contributed by atoms with van der Waals surface area (Å²) >= 11 is 5.89. The lowest BCUT2D eigenvalue weighted by Crippen LogP contribution is -2.36. The highest BCUT2D eigenvalue weighted by molar-refractivity contribution is 6.30. The topological polar surface area (TPSA) is 90.5 Å². The number of aryl methyl sites for hydroxylation is 3. The Morgan fingerprint density at radius 2 is 1.95 bits per heavy atom. The molecule has 0 bridgehead atoms. The molecule has 0 radical (unpaired) electrons. The molecule has 4 aromatic rings. The smallest absolute Gasteiger partial charge is 0.410 e.